The number of fused-ring (bicyclic) bond motifs is 1. The highest BCUT2D eigenvalue weighted by Crippen LogP contribution is 2.30. The predicted octanol–water partition coefficient (Wildman–Crippen LogP) is 3.45. The summed E-state index contributed by atoms with van der Waals surface area (Å²) in [5, 5.41) is 6.27. The number of aromatic nitrogens is 2. The van der Waals surface area contributed by atoms with Crippen LogP contribution in [0.2, 0.25) is 0 Å². The normalized spacial score (nSPS) is 10.5. The Hall–Kier alpha value is -2.34. The third kappa shape index (κ3) is 2.37. The highest BCUT2D eigenvalue weighted by Gasteiger charge is 2.07. The van der Waals surface area contributed by atoms with Gasteiger partial charge in [-0.05, 0) is 11.4 Å². The number of thiophene rings is 1. The van der Waals surface area contributed by atoms with E-state index in [-0.39, 0.29) is 0 Å². The van der Waals surface area contributed by atoms with E-state index < -0.39 is 0 Å². The van der Waals surface area contributed by atoms with Gasteiger partial charge in [-0.15, -0.1) is 11.3 Å². The number of hydrogen-bond donors (Lipinski definition) is 1. The Bertz CT molecular complexity index is 720. The quantitative estimate of drug-likeness (QED) is 0.796. The van der Waals surface area contributed by atoms with E-state index in [9.17, 15) is 0 Å². The van der Waals surface area contributed by atoms with Gasteiger partial charge in [0.15, 0.2) is 0 Å². The molecule has 0 aliphatic rings. The van der Waals surface area contributed by atoms with Crippen LogP contribution in [0, 0.1) is 0 Å². The monoisotopic (exact) mass is 287 g/mol. The van der Waals surface area contributed by atoms with E-state index in [1.807, 2.05) is 29.6 Å². The van der Waals surface area contributed by atoms with Gasteiger partial charge in [-0.3, -0.25) is 0 Å². The zero-order valence-electron chi connectivity index (χ0n) is 11.1. The lowest BCUT2D eigenvalue weighted by Crippen LogP contribution is -1.96. The van der Waals surface area contributed by atoms with Gasteiger partial charge >= 0.3 is 0 Å². The fourth-order valence-corrected chi connectivity index (χ4v) is 2.64. The molecule has 3 aromatic rings. The Morgan fingerprint density at radius 1 is 1.05 bits per heavy atom. The maximum Gasteiger partial charge on any atom is 0.142 e. The smallest absolute Gasteiger partial charge is 0.142 e. The fraction of sp³-hybridized carbons (Fsp3) is 0.143. The third-order valence-electron chi connectivity index (χ3n) is 2.88. The molecule has 0 unspecified atom stereocenters. The first-order valence-electron chi connectivity index (χ1n) is 5.98. The number of anilines is 2. The van der Waals surface area contributed by atoms with Crippen molar-refractivity contribution in [3.63, 3.8) is 0 Å². The Balaban J connectivity index is 2.00. The van der Waals surface area contributed by atoms with Gasteiger partial charge in [0.05, 0.1) is 19.6 Å². The van der Waals surface area contributed by atoms with Crippen molar-refractivity contribution in [2.24, 2.45) is 0 Å². The summed E-state index contributed by atoms with van der Waals surface area (Å²) in [6, 6.07) is 7.61. The van der Waals surface area contributed by atoms with E-state index >= 15 is 0 Å². The molecule has 0 fully saturated rings. The molecule has 6 heteroatoms. The standard InChI is InChI=1S/C14H13N3O2S/c1-18-10-5-9(6-11(7-10)19-2)17-13-12-3-4-20-14(12)16-8-15-13/h3-8H,1-2H3,(H,15,16,17). The Kier molecular flexibility index (Phi) is 3.39. The Morgan fingerprint density at radius 3 is 2.50 bits per heavy atom. The highest BCUT2D eigenvalue weighted by molar-refractivity contribution is 7.16. The zero-order chi connectivity index (χ0) is 13.9. The van der Waals surface area contributed by atoms with Crippen LogP contribution in [0.25, 0.3) is 10.2 Å². The number of nitrogens with one attached hydrogen (secondary N) is 1. The van der Waals surface area contributed by atoms with E-state index in [0.29, 0.717) is 0 Å². The van der Waals surface area contributed by atoms with Gasteiger partial charge in [0.1, 0.15) is 28.5 Å². The van der Waals surface area contributed by atoms with Gasteiger partial charge in [0.25, 0.3) is 0 Å². The maximum absolute atomic E-state index is 5.26. The van der Waals surface area contributed by atoms with Gasteiger partial charge in [-0.25, -0.2) is 9.97 Å². The Morgan fingerprint density at radius 2 is 1.80 bits per heavy atom. The fourth-order valence-electron chi connectivity index (χ4n) is 1.91. The number of rotatable bonds is 4. The van der Waals surface area contributed by atoms with Crippen LogP contribution in [0.4, 0.5) is 11.5 Å². The second kappa shape index (κ2) is 5.34. The average Bonchev–Trinajstić information content (AvgIpc) is 2.96. The molecule has 2 aromatic heterocycles. The molecular weight excluding hydrogens is 274 g/mol. The van der Waals surface area contributed by atoms with E-state index in [2.05, 4.69) is 15.3 Å². The van der Waals surface area contributed by atoms with Crippen LogP contribution in [0.15, 0.2) is 36.0 Å². The van der Waals surface area contributed by atoms with Crippen LogP contribution in [0.5, 0.6) is 11.5 Å². The van der Waals surface area contributed by atoms with Crippen LogP contribution in [0.3, 0.4) is 0 Å². The minimum atomic E-state index is 0.725. The molecule has 0 aliphatic carbocycles. The van der Waals surface area contributed by atoms with Gasteiger partial charge in [-0.2, -0.15) is 0 Å². The van der Waals surface area contributed by atoms with E-state index in [4.69, 9.17) is 9.47 Å². The van der Waals surface area contributed by atoms with Crippen molar-refractivity contribution in [1.82, 2.24) is 9.97 Å². The largest absolute Gasteiger partial charge is 0.497 e. The molecular formula is C14H13N3O2S. The van der Waals surface area contributed by atoms with Crippen LogP contribution >= 0.6 is 11.3 Å². The molecule has 20 heavy (non-hydrogen) atoms. The van der Waals surface area contributed by atoms with Crippen molar-refractivity contribution in [3.05, 3.63) is 36.0 Å². The molecule has 1 N–H and O–H groups in total. The summed E-state index contributed by atoms with van der Waals surface area (Å²) >= 11 is 1.59. The van der Waals surface area contributed by atoms with Crippen LogP contribution in [0.1, 0.15) is 0 Å². The molecule has 102 valence electrons. The molecule has 0 spiro atoms. The number of hydrogen-bond acceptors (Lipinski definition) is 6. The average molecular weight is 287 g/mol. The molecule has 5 nitrogen and oxygen atoms in total. The molecule has 0 saturated heterocycles. The van der Waals surface area contributed by atoms with E-state index in [1.54, 1.807) is 31.9 Å². The van der Waals surface area contributed by atoms with Crippen LogP contribution in [-0.2, 0) is 0 Å². The van der Waals surface area contributed by atoms with Crippen LogP contribution in [-0.4, -0.2) is 24.2 Å². The molecule has 0 aliphatic heterocycles. The van der Waals surface area contributed by atoms with Gasteiger partial charge < -0.3 is 14.8 Å². The number of ether oxygens (including phenoxy) is 2. The molecule has 3 rings (SSSR count). The molecule has 0 saturated carbocycles. The summed E-state index contributed by atoms with van der Waals surface area (Å²) in [6.45, 7) is 0. The summed E-state index contributed by atoms with van der Waals surface area (Å²) in [4.78, 5) is 9.47. The first-order valence-corrected chi connectivity index (χ1v) is 6.86. The molecule has 0 bridgehead atoms. The van der Waals surface area contributed by atoms with Crippen molar-refractivity contribution in [2.75, 3.05) is 19.5 Å². The van der Waals surface area contributed by atoms with Gasteiger partial charge in [0.2, 0.25) is 0 Å². The summed E-state index contributed by atoms with van der Waals surface area (Å²) in [7, 11) is 3.25. The van der Waals surface area contributed by atoms with Crippen molar-refractivity contribution >= 4 is 33.1 Å². The van der Waals surface area contributed by atoms with Crippen molar-refractivity contribution in [2.45, 2.75) is 0 Å². The SMILES string of the molecule is COc1cc(Nc2ncnc3sccc23)cc(OC)c1. The minimum absolute atomic E-state index is 0.725. The first-order chi connectivity index (χ1) is 9.80. The summed E-state index contributed by atoms with van der Waals surface area (Å²) in [5.74, 6) is 2.22. The van der Waals surface area contributed by atoms with Crippen LogP contribution < -0.4 is 14.8 Å². The van der Waals surface area contributed by atoms with Crippen molar-refractivity contribution in [1.29, 1.82) is 0 Å². The molecule has 2 heterocycles. The summed E-state index contributed by atoms with van der Waals surface area (Å²) < 4.78 is 10.5. The van der Waals surface area contributed by atoms with Crippen molar-refractivity contribution in [3.8, 4) is 11.5 Å². The number of benzene rings is 1. The second-order valence-corrected chi connectivity index (χ2v) is 4.98. The zero-order valence-corrected chi connectivity index (χ0v) is 11.9. The first kappa shape index (κ1) is 12.7. The van der Waals surface area contributed by atoms with Gasteiger partial charge in [0, 0.05) is 23.9 Å². The van der Waals surface area contributed by atoms with Crippen molar-refractivity contribution < 1.29 is 9.47 Å². The molecule has 0 amide bonds. The second-order valence-electron chi connectivity index (χ2n) is 4.09. The molecule has 0 radical (unpaired) electrons. The van der Waals surface area contributed by atoms with E-state index in [1.165, 1.54) is 0 Å². The predicted molar refractivity (Wildman–Crippen MR) is 80.2 cm³/mol. The lowest BCUT2D eigenvalue weighted by Gasteiger charge is -2.10. The molecule has 0 atom stereocenters. The third-order valence-corrected chi connectivity index (χ3v) is 3.70. The lowest BCUT2D eigenvalue weighted by atomic mass is 10.2. The maximum atomic E-state index is 5.26. The number of methoxy groups -OCH3 is 2. The number of nitrogens with zero attached hydrogens (tertiary/aromatic N) is 2. The minimum Gasteiger partial charge on any atom is -0.497 e. The topological polar surface area (TPSA) is 56.3 Å². The summed E-state index contributed by atoms with van der Waals surface area (Å²) in [6.07, 6.45) is 1.55. The van der Waals surface area contributed by atoms with E-state index in [0.717, 1.165) is 33.2 Å². The lowest BCUT2D eigenvalue weighted by molar-refractivity contribution is 0.395. The van der Waals surface area contributed by atoms with Gasteiger partial charge in [-0.1, -0.05) is 0 Å². The Labute approximate surface area is 120 Å². The highest BCUT2D eigenvalue weighted by atomic mass is 32.1. The molecule has 1 aromatic carbocycles. The summed E-state index contributed by atoms with van der Waals surface area (Å²) in [5.41, 5.74) is 0.854.